The largest absolute Gasteiger partial charge is 0.469 e. The number of benzene rings is 2. The first-order valence-electron chi connectivity index (χ1n) is 9.94. The van der Waals surface area contributed by atoms with E-state index in [0.29, 0.717) is 39.7 Å². The van der Waals surface area contributed by atoms with Crippen molar-refractivity contribution in [3.63, 3.8) is 0 Å². The predicted octanol–water partition coefficient (Wildman–Crippen LogP) is 4.81. The molecule has 0 bridgehead atoms. The van der Waals surface area contributed by atoms with Gasteiger partial charge in [-0.05, 0) is 18.1 Å². The molecule has 0 aliphatic heterocycles. The fourth-order valence-corrected chi connectivity index (χ4v) is 4.19. The quantitative estimate of drug-likeness (QED) is 0.229. The molecule has 0 amide bonds. The van der Waals surface area contributed by atoms with Gasteiger partial charge < -0.3 is 4.74 Å². The number of thioether (sulfide) groups is 1. The number of methoxy groups -OCH3 is 1. The highest BCUT2D eigenvalue weighted by Crippen LogP contribution is 2.30. The van der Waals surface area contributed by atoms with E-state index < -0.39 is 0 Å². The molecule has 0 radical (unpaired) electrons. The highest BCUT2D eigenvalue weighted by molar-refractivity contribution is 7.98. The normalized spacial score (nSPS) is 10.9. The Labute approximate surface area is 188 Å². The van der Waals surface area contributed by atoms with Gasteiger partial charge >= 0.3 is 5.97 Å². The molecule has 4 rings (SSSR count). The minimum Gasteiger partial charge on any atom is -0.469 e. The Bertz CT molecular complexity index is 1360. The average molecular weight is 446 g/mol. The molecule has 2 aromatic carbocycles. The van der Waals surface area contributed by atoms with Crippen molar-refractivity contribution in [1.29, 1.82) is 0 Å². The van der Waals surface area contributed by atoms with Gasteiger partial charge in [0.1, 0.15) is 5.52 Å². The molecule has 9 heteroatoms. The fraction of sp³-hybridized carbons (Fsp3) is 0.217. The van der Waals surface area contributed by atoms with Gasteiger partial charge in [-0.1, -0.05) is 54.2 Å². The number of esters is 1. The van der Waals surface area contributed by atoms with Crippen LogP contribution in [0.2, 0.25) is 0 Å². The summed E-state index contributed by atoms with van der Waals surface area (Å²) in [7, 11) is 1.33. The van der Waals surface area contributed by atoms with E-state index in [1.165, 1.54) is 18.9 Å². The van der Waals surface area contributed by atoms with Crippen molar-refractivity contribution < 1.29 is 14.3 Å². The molecule has 0 saturated carbocycles. The standard InChI is InChI=1S/C23H19N5O3S/c1-24-17-10-5-3-8-15(17)14-32-23-25-22-21(26-27-23)16-9-4-6-11-18(16)28(22)19(29)12-7-13-20(30)31-2/h3-6,8-11H,7,12-14H2,2H3. The molecule has 32 heavy (non-hydrogen) atoms. The van der Waals surface area contributed by atoms with E-state index in [2.05, 4.69) is 24.8 Å². The summed E-state index contributed by atoms with van der Waals surface area (Å²) in [5.74, 6) is -0.00345. The maximum Gasteiger partial charge on any atom is 0.305 e. The van der Waals surface area contributed by atoms with Crippen LogP contribution in [0.4, 0.5) is 5.69 Å². The second-order valence-corrected chi connectivity index (χ2v) is 7.91. The Morgan fingerprint density at radius 2 is 1.88 bits per heavy atom. The molecule has 2 aromatic heterocycles. The highest BCUT2D eigenvalue weighted by atomic mass is 32.2. The van der Waals surface area contributed by atoms with Crippen LogP contribution < -0.4 is 0 Å². The van der Waals surface area contributed by atoms with Crippen LogP contribution >= 0.6 is 11.8 Å². The van der Waals surface area contributed by atoms with E-state index in [9.17, 15) is 9.59 Å². The Kier molecular flexibility index (Phi) is 6.42. The van der Waals surface area contributed by atoms with Crippen molar-refractivity contribution >= 4 is 51.4 Å². The smallest absolute Gasteiger partial charge is 0.305 e. The van der Waals surface area contributed by atoms with Gasteiger partial charge in [0, 0.05) is 24.0 Å². The maximum atomic E-state index is 13.1. The Morgan fingerprint density at radius 3 is 2.69 bits per heavy atom. The van der Waals surface area contributed by atoms with Crippen LogP contribution in [0.15, 0.2) is 53.7 Å². The summed E-state index contributed by atoms with van der Waals surface area (Å²) in [6, 6.07) is 14.8. The third-order valence-electron chi connectivity index (χ3n) is 4.98. The Hall–Kier alpha value is -3.77. The van der Waals surface area contributed by atoms with Crippen LogP contribution in [0, 0.1) is 6.57 Å². The van der Waals surface area contributed by atoms with E-state index in [1.54, 1.807) is 10.6 Å². The summed E-state index contributed by atoms with van der Waals surface area (Å²) in [5, 5.41) is 9.79. The van der Waals surface area contributed by atoms with Gasteiger partial charge in [0.05, 0.1) is 19.2 Å². The van der Waals surface area contributed by atoms with Crippen molar-refractivity contribution in [1.82, 2.24) is 19.7 Å². The summed E-state index contributed by atoms with van der Waals surface area (Å²) in [4.78, 5) is 32.6. The van der Waals surface area contributed by atoms with Gasteiger partial charge in [-0.2, -0.15) is 0 Å². The number of aromatic nitrogens is 4. The van der Waals surface area contributed by atoms with Gasteiger partial charge in [-0.3, -0.25) is 14.2 Å². The van der Waals surface area contributed by atoms with Gasteiger partial charge in [-0.15, -0.1) is 10.2 Å². The first kappa shape index (κ1) is 21.5. The summed E-state index contributed by atoms with van der Waals surface area (Å²) >= 11 is 1.36. The number of ether oxygens (including phenoxy) is 1. The van der Waals surface area contributed by atoms with Crippen LogP contribution in [-0.4, -0.2) is 38.7 Å². The Morgan fingerprint density at radius 1 is 1.09 bits per heavy atom. The van der Waals surface area contributed by atoms with Gasteiger partial charge in [0.25, 0.3) is 0 Å². The first-order valence-corrected chi connectivity index (χ1v) is 10.9. The van der Waals surface area contributed by atoms with Gasteiger partial charge in [0.2, 0.25) is 11.1 Å². The van der Waals surface area contributed by atoms with Gasteiger partial charge in [0.15, 0.2) is 11.3 Å². The predicted molar refractivity (Wildman–Crippen MR) is 122 cm³/mol. The maximum absolute atomic E-state index is 13.1. The molecule has 0 fully saturated rings. The molecular formula is C23H19N5O3S. The van der Waals surface area contributed by atoms with E-state index in [1.807, 2.05) is 42.5 Å². The molecule has 0 aliphatic carbocycles. The number of hydrogen-bond acceptors (Lipinski definition) is 7. The van der Waals surface area contributed by atoms with Crippen molar-refractivity contribution in [2.24, 2.45) is 0 Å². The second-order valence-electron chi connectivity index (χ2n) is 6.97. The van der Waals surface area contributed by atoms with Crippen molar-refractivity contribution in [3.8, 4) is 0 Å². The van der Waals surface area contributed by atoms with Crippen LogP contribution in [0.3, 0.4) is 0 Å². The molecule has 0 unspecified atom stereocenters. The zero-order chi connectivity index (χ0) is 22.5. The molecule has 0 aliphatic rings. The lowest BCUT2D eigenvalue weighted by Crippen LogP contribution is -2.12. The van der Waals surface area contributed by atoms with E-state index in [0.717, 1.165) is 10.9 Å². The van der Waals surface area contributed by atoms with Gasteiger partial charge in [-0.25, -0.2) is 9.83 Å². The van der Waals surface area contributed by atoms with E-state index in [-0.39, 0.29) is 24.7 Å². The number of carbonyl (C=O) groups is 2. The number of rotatable bonds is 7. The SMILES string of the molecule is [C-]#[N+]c1ccccc1CSc1nnc2c3ccccc3n(C(=O)CCCC(=O)OC)c2n1. The molecule has 0 atom stereocenters. The molecule has 2 heterocycles. The van der Waals surface area contributed by atoms with E-state index >= 15 is 0 Å². The van der Waals surface area contributed by atoms with Crippen LogP contribution in [0.5, 0.6) is 0 Å². The fourth-order valence-electron chi connectivity index (χ4n) is 3.41. The molecule has 0 N–H and O–H groups in total. The third-order valence-corrected chi connectivity index (χ3v) is 5.86. The van der Waals surface area contributed by atoms with Crippen molar-refractivity contribution in [2.75, 3.05) is 7.11 Å². The monoisotopic (exact) mass is 445 g/mol. The lowest BCUT2D eigenvalue weighted by Gasteiger charge is -2.06. The van der Waals surface area contributed by atoms with Crippen molar-refractivity contribution in [3.05, 3.63) is 65.5 Å². The summed E-state index contributed by atoms with van der Waals surface area (Å²) in [5.41, 5.74) is 3.16. The summed E-state index contributed by atoms with van der Waals surface area (Å²) < 4.78 is 6.20. The molecule has 8 nitrogen and oxygen atoms in total. The van der Waals surface area contributed by atoms with Crippen LogP contribution in [0.25, 0.3) is 26.9 Å². The number of nitrogens with zero attached hydrogens (tertiary/aromatic N) is 5. The topological polar surface area (TPSA) is 91.3 Å². The molecule has 0 spiro atoms. The van der Waals surface area contributed by atoms with E-state index in [4.69, 9.17) is 6.57 Å². The van der Waals surface area contributed by atoms with Crippen molar-refractivity contribution in [2.45, 2.75) is 30.2 Å². The van der Waals surface area contributed by atoms with Crippen LogP contribution in [-0.2, 0) is 15.3 Å². The number of fused-ring (bicyclic) bond motifs is 3. The molecule has 0 saturated heterocycles. The summed E-state index contributed by atoms with van der Waals surface area (Å²) in [6.07, 6.45) is 0.731. The Balaban J connectivity index is 1.66. The highest BCUT2D eigenvalue weighted by Gasteiger charge is 2.19. The zero-order valence-corrected chi connectivity index (χ0v) is 18.1. The number of para-hydroxylation sites is 2. The lowest BCUT2D eigenvalue weighted by molar-refractivity contribution is -0.140. The average Bonchev–Trinajstić information content (AvgIpc) is 3.16. The number of carbonyl (C=O) groups excluding carboxylic acids is 2. The molecular weight excluding hydrogens is 426 g/mol. The summed E-state index contributed by atoms with van der Waals surface area (Å²) in [6.45, 7) is 7.31. The minimum absolute atomic E-state index is 0.171. The third kappa shape index (κ3) is 4.31. The molecule has 4 aromatic rings. The lowest BCUT2D eigenvalue weighted by atomic mass is 10.2. The van der Waals surface area contributed by atoms with Crippen LogP contribution in [0.1, 0.15) is 29.6 Å². The zero-order valence-electron chi connectivity index (χ0n) is 17.3. The number of hydrogen-bond donors (Lipinski definition) is 0. The first-order chi connectivity index (χ1) is 15.6. The molecule has 160 valence electrons. The minimum atomic E-state index is -0.345. The second kappa shape index (κ2) is 9.58.